The van der Waals surface area contributed by atoms with E-state index in [0.29, 0.717) is 6.42 Å². The molecule has 1 aromatic carbocycles. The van der Waals surface area contributed by atoms with Crippen molar-refractivity contribution in [2.45, 2.75) is 25.6 Å². The van der Waals surface area contributed by atoms with E-state index in [1.54, 1.807) is 6.92 Å². The van der Waals surface area contributed by atoms with Gasteiger partial charge in [0.1, 0.15) is 0 Å². The Labute approximate surface area is 120 Å². The minimum atomic E-state index is -4.56. The number of hydrogen-bond donors (Lipinski definition) is 1. The van der Waals surface area contributed by atoms with E-state index in [1.165, 1.54) is 18.0 Å². The number of hydrogen-bond acceptors (Lipinski definition) is 2. The molecule has 1 atom stereocenters. The second-order valence-electron chi connectivity index (χ2n) is 4.59. The zero-order valence-electron chi connectivity index (χ0n) is 11.0. The molecule has 0 saturated carbocycles. The number of nitrogens with zero attached hydrogens (tertiary/aromatic N) is 1. The monoisotopic (exact) mass is 309 g/mol. The van der Waals surface area contributed by atoms with Gasteiger partial charge in [-0.1, -0.05) is 11.6 Å². The van der Waals surface area contributed by atoms with E-state index in [0.717, 1.165) is 12.1 Å². The number of carbonyl (C=O) groups excluding carboxylic acids is 1. The summed E-state index contributed by atoms with van der Waals surface area (Å²) >= 11 is 5.62. The standard InChI is InChI=1S/C13H15ClF3NO2/c1-8(19)3-4-18(2)12(20)9-5-10(13(15,16)17)7-11(14)6-9/h5-8,19H,3-4H2,1-2H3. The van der Waals surface area contributed by atoms with Gasteiger partial charge in [-0.15, -0.1) is 0 Å². The van der Waals surface area contributed by atoms with Gasteiger partial charge in [0.05, 0.1) is 11.7 Å². The van der Waals surface area contributed by atoms with E-state index < -0.39 is 23.8 Å². The van der Waals surface area contributed by atoms with Crippen LogP contribution in [0.5, 0.6) is 0 Å². The number of rotatable bonds is 4. The van der Waals surface area contributed by atoms with Crippen LogP contribution in [0, 0.1) is 0 Å². The van der Waals surface area contributed by atoms with Gasteiger partial charge in [-0.2, -0.15) is 13.2 Å². The summed E-state index contributed by atoms with van der Waals surface area (Å²) in [6, 6.07) is 2.74. The van der Waals surface area contributed by atoms with E-state index in [4.69, 9.17) is 16.7 Å². The van der Waals surface area contributed by atoms with Crippen molar-refractivity contribution in [3.05, 3.63) is 34.3 Å². The van der Waals surface area contributed by atoms with Gasteiger partial charge in [-0.25, -0.2) is 0 Å². The minimum Gasteiger partial charge on any atom is -0.393 e. The van der Waals surface area contributed by atoms with Gasteiger partial charge in [-0.3, -0.25) is 4.79 Å². The molecular formula is C13H15ClF3NO2. The Morgan fingerprint density at radius 2 is 2.00 bits per heavy atom. The first-order valence-electron chi connectivity index (χ1n) is 5.92. The molecule has 1 aromatic rings. The molecule has 0 aliphatic carbocycles. The van der Waals surface area contributed by atoms with Crippen molar-refractivity contribution >= 4 is 17.5 Å². The van der Waals surface area contributed by atoms with E-state index in [-0.39, 0.29) is 17.1 Å². The van der Waals surface area contributed by atoms with Crippen LogP contribution in [-0.4, -0.2) is 35.6 Å². The fourth-order valence-corrected chi connectivity index (χ4v) is 1.81. The van der Waals surface area contributed by atoms with Crippen LogP contribution in [-0.2, 0) is 6.18 Å². The van der Waals surface area contributed by atoms with Crippen LogP contribution in [0.25, 0.3) is 0 Å². The summed E-state index contributed by atoms with van der Waals surface area (Å²) in [5.41, 5.74) is -1.09. The Morgan fingerprint density at radius 3 is 2.50 bits per heavy atom. The van der Waals surface area contributed by atoms with Gasteiger partial charge in [0.25, 0.3) is 5.91 Å². The van der Waals surface area contributed by atoms with Gasteiger partial charge in [0.2, 0.25) is 0 Å². The van der Waals surface area contributed by atoms with Gasteiger partial charge >= 0.3 is 6.18 Å². The fraction of sp³-hybridized carbons (Fsp3) is 0.462. The minimum absolute atomic E-state index is 0.127. The van der Waals surface area contributed by atoms with Crippen LogP contribution in [0.2, 0.25) is 5.02 Å². The predicted octanol–water partition coefficient (Wildman–Crippen LogP) is 3.20. The zero-order chi connectivity index (χ0) is 15.5. The van der Waals surface area contributed by atoms with Crippen LogP contribution in [0.4, 0.5) is 13.2 Å². The smallest absolute Gasteiger partial charge is 0.393 e. The summed E-state index contributed by atoms with van der Waals surface area (Å²) < 4.78 is 37.9. The number of benzene rings is 1. The van der Waals surface area contributed by atoms with Gasteiger partial charge in [-0.05, 0) is 31.5 Å². The van der Waals surface area contributed by atoms with E-state index in [9.17, 15) is 18.0 Å². The fourth-order valence-electron chi connectivity index (χ4n) is 1.58. The largest absolute Gasteiger partial charge is 0.416 e. The molecule has 0 heterocycles. The Balaban J connectivity index is 2.96. The lowest BCUT2D eigenvalue weighted by Gasteiger charge is -2.19. The Kier molecular flexibility index (Phi) is 5.42. The molecule has 3 nitrogen and oxygen atoms in total. The van der Waals surface area contributed by atoms with Crippen molar-refractivity contribution in [2.75, 3.05) is 13.6 Å². The lowest BCUT2D eigenvalue weighted by molar-refractivity contribution is -0.137. The Morgan fingerprint density at radius 1 is 1.40 bits per heavy atom. The van der Waals surface area contributed by atoms with E-state index in [2.05, 4.69) is 0 Å². The van der Waals surface area contributed by atoms with Gasteiger partial charge in [0, 0.05) is 24.2 Å². The van der Waals surface area contributed by atoms with Crippen molar-refractivity contribution in [1.82, 2.24) is 4.90 Å². The molecule has 7 heteroatoms. The third kappa shape index (κ3) is 4.68. The average Bonchev–Trinajstić information content (AvgIpc) is 2.33. The predicted molar refractivity (Wildman–Crippen MR) is 69.7 cm³/mol. The molecule has 0 spiro atoms. The molecule has 0 bridgehead atoms. The van der Waals surface area contributed by atoms with Crippen molar-refractivity contribution in [3.8, 4) is 0 Å². The van der Waals surface area contributed by atoms with Gasteiger partial charge < -0.3 is 10.0 Å². The van der Waals surface area contributed by atoms with Crippen molar-refractivity contribution in [1.29, 1.82) is 0 Å². The summed E-state index contributed by atoms with van der Waals surface area (Å²) in [6.07, 6.45) is -4.80. The summed E-state index contributed by atoms with van der Waals surface area (Å²) in [5, 5.41) is 8.99. The third-order valence-electron chi connectivity index (χ3n) is 2.70. The van der Waals surface area contributed by atoms with Gasteiger partial charge in [0.15, 0.2) is 0 Å². The number of aliphatic hydroxyl groups excluding tert-OH is 1. The molecule has 1 rings (SSSR count). The lowest BCUT2D eigenvalue weighted by Crippen LogP contribution is -2.29. The number of carbonyl (C=O) groups is 1. The molecule has 0 saturated heterocycles. The SMILES string of the molecule is CC(O)CCN(C)C(=O)c1cc(Cl)cc(C(F)(F)F)c1. The molecule has 1 N–H and O–H groups in total. The van der Waals surface area contributed by atoms with Crippen molar-refractivity contribution < 1.29 is 23.1 Å². The van der Waals surface area contributed by atoms with Crippen molar-refractivity contribution in [3.63, 3.8) is 0 Å². The third-order valence-corrected chi connectivity index (χ3v) is 2.92. The maximum atomic E-state index is 12.6. The number of alkyl halides is 3. The number of amides is 1. The highest BCUT2D eigenvalue weighted by Crippen LogP contribution is 2.32. The molecule has 0 aliphatic heterocycles. The van der Waals surface area contributed by atoms with Crippen LogP contribution in [0.1, 0.15) is 29.3 Å². The van der Waals surface area contributed by atoms with E-state index >= 15 is 0 Å². The van der Waals surface area contributed by atoms with Crippen LogP contribution in [0.3, 0.4) is 0 Å². The number of aliphatic hydroxyl groups is 1. The van der Waals surface area contributed by atoms with Crippen LogP contribution >= 0.6 is 11.6 Å². The molecule has 112 valence electrons. The Hall–Kier alpha value is -1.27. The van der Waals surface area contributed by atoms with Crippen molar-refractivity contribution in [2.24, 2.45) is 0 Å². The molecule has 0 aliphatic rings. The molecule has 0 radical (unpaired) electrons. The zero-order valence-corrected chi connectivity index (χ0v) is 11.8. The molecule has 0 fully saturated rings. The summed E-state index contributed by atoms with van der Waals surface area (Å²) in [6.45, 7) is 1.81. The highest BCUT2D eigenvalue weighted by atomic mass is 35.5. The first-order valence-corrected chi connectivity index (χ1v) is 6.30. The van der Waals surface area contributed by atoms with Crippen LogP contribution < -0.4 is 0 Å². The summed E-state index contributed by atoms with van der Waals surface area (Å²) in [5.74, 6) is -0.571. The molecule has 1 amide bonds. The quantitative estimate of drug-likeness (QED) is 0.928. The second-order valence-corrected chi connectivity index (χ2v) is 5.03. The molecular weight excluding hydrogens is 295 g/mol. The first-order chi connectivity index (χ1) is 9.11. The first kappa shape index (κ1) is 16.8. The highest BCUT2D eigenvalue weighted by molar-refractivity contribution is 6.31. The normalized spacial score (nSPS) is 13.2. The summed E-state index contributed by atoms with van der Waals surface area (Å²) in [7, 11) is 1.46. The van der Waals surface area contributed by atoms with Crippen LogP contribution in [0.15, 0.2) is 18.2 Å². The lowest BCUT2D eigenvalue weighted by atomic mass is 10.1. The maximum absolute atomic E-state index is 12.6. The highest BCUT2D eigenvalue weighted by Gasteiger charge is 2.32. The topological polar surface area (TPSA) is 40.5 Å². The number of halogens is 4. The van der Waals surface area contributed by atoms with E-state index in [1.807, 2.05) is 0 Å². The molecule has 1 unspecified atom stereocenters. The second kappa shape index (κ2) is 6.45. The average molecular weight is 310 g/mol. The Bertz CT molecular complexity index is 489. The molecule has 0 aromatic heterocycles. The summed E-state index contributed by atoms with van der Waals surface area (Å²) in [4.78, 5) is 13.3. The maximum Gasteiger partial charge on any atom is 0.416 e. The molecule has 20 heavy (non-hydrogen) atoms.